The molecule has 5 nitrogen and oxygen atoms in total. The Kier molecular flexibility index (Phi) is 5.37. The van der Waals surface area contributed by atoms with E-state index in [1.807, 2.05) is 38.1 Å². The molecule has 0 aliphatic rings. The number of benzene rings is 1. The lowest BCUT2D eigenvalue weighted by atomic mass is 9.82. The monoisotopic (exact) mass is 341 g/mol. The van der Waals surface area contributed by atoms with E-state index in [2.05, 4.69) is 9.97 Å². The predicted octanol–water partition coefficient (Wildman–Crippen LogP) is 2.18. The molecule has 1 heterocycles. The van der Waals surface area contributed by atoms with E-state index in [1.165, 1.54) is 0 Å². The highest BCUT2D eigenvalue weighted by molar-refractivity contribution is 6.47. The van der Waals surface area contributed by atoms with Gasteiger partial charge in [0, 0.05) is 23.5 Å². The van der Waals surface area contributed by atoms with Gasteiger partial charge in [-0.25, -0.2) is 9.97 Å². The summed E-state index contributed by atoms with van der Waals surface area (Å²) in [7, 11) is 1.63. The zero-order valence-corrected chi connectivity index (χ0v) is 15.7. The van der Waals surface area contributed by atoms with Crippen molar-refractivity contribution in [1.29, 1.82) is 0 Å². The van der Waals surface area contributed by atoms with Crippen LogP contribution < -0.4 is 5.46 Å². The van der Waals surface area contributed by atoms with Gasteiger partial charge in [0.05, 0.1) is 16.8 Å². The van der Waals surface area contributed by atoms with Gasteiger partial charge in [-0.2, -0.15) is 0 Å². The van der Waals surface area contributed by atoms with Gasteiger partial charge >= 0.3 is 7.48 Å². The Bertz CT molecular complexity index is 717. The van der Waals surface area contributed by atoms with Gasteiger partial charge < -0.3 is 14.9 Å². The molecule has 1 aromatic carbocycles. The minimum absolute atomic E-state index is 0.574. The van der Waals surface area contributed by atoms with Crippen LogP contribution in [0.2, 0.25) is 0 Å². The number of nitrogens with zero attached hydrogens (tertiary/aromatic N) is 2. The zero-order chi connectivity index (χ0) is 18.9. The molecule has 2 rings (SSSR count). The van der Waals surface area contributed by atoms with Gasteiger partial charge in [-0.1, -0.05) is 29.7 Å². The molecule has 2 N–H and O–H groups in total. The highest BCUT2D eigenvalue weighted by Gasteiger charge is 2.35. The molecular weight excluding hydrogens is 315 g/mol. The van der Waals surface area contributed by atoms with Crippen LogP contribution in [0.3, 0.4) is 0 Å². The summed E-state index contributed by atoms with van der Waals surface area (Å²) in [6.45, 7) is 10.5. The van der Waals surface area contributed by atoms with Gasteiger partial charge in [0.2, 0.25) is 0 Å². The van der Waals surface area contributed by atoms with Gasteiger partial charge in [-0.15, -0.1) is 0 Å². The van der Waals surface area contributed by atoms with E-state index in [9.17, 15) is 10.2 Å². The molecule has 0 saturated carbocycles. The molecule has 0 aliphatic carbocycles. The first-order valence-electron chi connectivity index (χ1n) is 8.29. The number of hydrogen-bond acceptors (Lipinski definition) is 5. The van der Waals surface area contributed by atoms with Crippen LogP contribution in [-0.4, -0.2) is 38.9 Å². The number of aliphatic hydroxyl groups is 2. The second-order valence-corrected chi connectivity index (χ2v) is 7.78. The van der Waals surface area contributed by atoms with Crippen LogP contribution in [0.25, 0.3) is 11.4 Å². The van der Waals surface area contributed by atoms with E-state index >= 15 is 0 Å². The summed E-state index contributed by atoms with van der Waals surface area (Å²) in [5.74, 6) is 0.574. The first-order valence-corrected chi connectivity index (χ1v) is 8.29. The van der Waals surface area contributed by atoms with Crippen LogP contribution in [0, 0.1) is 0 Å². The van der Waals surface area contributed by atoms with Crippen LogP contribution in [0.5, 0.6) is 0 Å². The maximum atomic E-state index is 10.2. The molecule has 0 saturated heterocycles. The Hall–Kier alpha value is -1.76. The number of aromatic nitrogens is 2. The normalized spacial score (nSPS) is 13.0. The van der Waals surface area contributed by atoms with Crippen LogP contribution in [-0.2, 0) is 10.3 Å². The summed E-state index contributed by atoms with van der Waals surface area (Å²) in [6, 6.07) is 7.64. The van der Waals surface area contributed by atoms with Crippen molar-refractivity contribution in [2.45, 2.75) is 58.3 Å². The van der Waals surface area contributed by atoms with E-state index in [4.69, 9.17) is 4.65 Å². The second kappa shape index (κ2) is 6.86. The standard InChI is InChI=1S/C19H26BN2O3/c1-17(2,23)14-11-21-16(22-12-14)13-8-7-9-15(10-13)20-25-19(5,6)18(3,4)24/h7-12,23-24H,1-6H3. The molecule has 0 aliphatic heterocycles. The second-order valence-electron chi connectivity index (χ2n) is 7.78. The Morgan fingerprint density at radius 2 is 1.56 bits per heavy atom. The maximum Gasteiger partial charge on any atom is 0.330 e. The van der Waals surface area contributed by atoms with Gasteiger partial charge in [-0.05, 0) is 41.5 Å². The molecular formula is C19H26BN2O3. The Morgan fingerprint density at radius 1 is 0.960 bits per heavy atom. The lowest BCUT2D eigenvalue weighted by molar-refractivity contribution is -0.0893. The van der Waals surface area contributed by atoms with Crippen molar-refractivity contribution in [3.63, 3.8) is 0 Å². The highest BCUT2D eigenvalue weighted by atomic mass is 16.5. The highest BCUT2D eigenvalue weighted by Crippen LogP contribution is 2.24. The Balaban J connectivity index is 2.16. The minimum Gasteiger partial charge on any atom is -0.427 e. The van der Waals surface area contributed by atoms with Crippen molar-refractivity contribution in [3.05, 3.63) is 42.2 Å². The lowest BCUT2D eigenvalue weighted by Gasteiger charge is -2.37. The third-order valence-electron chi connectivity index (χ3n) is 4.47. The van der Waals surface area contributed by atoms with Gasteiger partial charge in [0.25, 0.3) is 0 Å². The molecule has 0 unspecified atom stereocenters. The van der Waals surface area contributed by atoms with Gasteiger partial charge in [0.15, 0.2) is 5.82 Å². The van der Waals surface area contributed by atoms with Crippen LogP contribution >= 0.6 is 0 Å². The van der Waals surface area contributed by atoms with Crippen molar-refractivity contribution < 1.29 is 14.9 Å². The third-order valence-corrected chi connectivity index (χ3v) is 4.47. The van der Waals surface area contributed by atoms with Gasteiger partial charge in [-0.3, -0.25) is 0 Å². The summed E-state index contributed by atoms with van der Waals surface area (Å²) in [5.41, 5.74) is -0.310. The molecule has 0 amide bonds. The van der Waals surface area contributed by atoms with E-state index in [-0.39, 0.29) is 0 Å². The van der Waals surface area contributed by atoms with Crippen molar-refractivity contribution in [2.75, 3.05) is 0 Å². The fraction of sp³-hybridized carbons (Fsp3) is 0.474. The van der Waals surface area contributed by atoms with Crippen LogP contribution in [0.1, 0.15) is 47.1 Å². The molecule has 0 bridgehead atoms. The van der Waals surface area contributed by atoms with Crippen molar-refractivity contribution in [1.82, 2.24) is 9.97 Å². The van der Waals surface area contributed by atoms with Crippen LogP contribution in [0.4, 0.5) is 0 Å². The van der Waals surface area contributed by atoms with Crippen molar-refractivity contribution in [2.24, 2.45) is 0 Å². The smallest absolute Gasteiger partial charge is 0.330 e. The Labute approximate surface area is 150 Å². The first kappa shape index (κ1) is 19.6. The molecule has 1 radical (unpaired) electrons. The van der Waals surface area contributed by atoms with E-state index in [0.717, 1.165) is 11.0 Å². The van der Waals surface area contributed by atoms with Crippen LogP contribution in [0.15, 0.2) is 36.7 Å². The molecule has 25 heavy (non-hydrogen) atoms. The molecule has 2 aromatic rings. The SMILES string of the molecule is CC(C)(O)c1cnc(-c2cccc([B]OC(C)(C)C(C)(C)O)c2)nc1. The van der Waals surface area contributed by atoms with Crippen molar-refractivity contribution in [3.8, 4) is 11.4 Å². The number of hydrogen-bond donors (Lipinski definition) is 2. The molecule has 133 valence electrons. The Morgan fingerprint density at radius 3 is 2.08 bits per heavy atom. The largest absolute Gasteiger partial charge is 0.427 e. The fourth-order valence-electron chi connectivity index (χ4n) is 1.90. The lowest BCUT2D eigenvalue weighted by Crippen LogP contribution is -2.49. The van der Waals surface area contributed by atoms with Gasteiger partial charge in [0.1, 0.15) is 0 Å². The molecule has 0 atom stereocenters. The average molecular weight is 341 g/mol. The van der Waals surface area contributed by atoms with E-state index in [1.54, 1.807) is 47.6 Å². The predicted molar refractivity (Wildman–Crippen MR) is 99.6 cm³/mol. The summed E-state index contributed by atoms with van der Waals surface area (Å²) >= 11 is 0. The summed E-state index contributed by atoms with van der Waals surface area (Å²) < 4.78 is 5.79. The maximum absolute atomic E-state index is 10.2. The zero-order valence-electron chi connectivity index (χ0n) is 15.7. The van der Waals surface area contributed by atoms with E-state index in [0.29, 0.717) is 11.4 Å². The fourth-order valence-corrected chi connectivity index (χ4v) is 1.90. The van der Waals surface area contributed by atoms with Crippen molar-refractivity contribution >= 4 is 12.9 Å². The molecule has 6 heteroatoms. The summed E-state index contributed by atoms with van der Waals surface area (Å²) in [4.78, 5) is 8.68. The first-order chi connectivity index (χ1) is 11.4. The van der Waals surface area contributed by atoms with E-state index < -0.39 is 16.8 Å². The summed E-state index contributed by atoms with van der Waals surface area (Å²) in [5, 5.41) is 20.1. The molecule has 0 spiro atoms. The number of rotatable bonds is 6. The minimum atomic E-state index is -0.975. The molecule has 1 aromatic heterocycles. The average Bonchev–Trinajstić information content (AvgIpc) is 2.51. The topological polar surface area (TPSA) is 75.5 Å². The third kappa shape index (κ3) is 4.88. The molecule has 0 fully saturated rings. The quantitative estimate of drug-likeness (QED) is 0.788. The summed E-state index contributed by atoms with van der Waals surface area (Å²) in [6.07, 6.45) is 3.26.